The lowest BCUT2D eigenvalue weighted by Crippen LogP contribution is -2.14. The second kappa shape index (κ2) is 5.56. The fraction of sp³-hybridized carbons (Fsp3) is 0.500. The van der Waals surface area contributed by atoms with Gasteiger partial charge in [-0.3, -0.25) is 0 Å². The van der Waals surface area contributed by atoms with E-state index in [1.165, 1.54) is 0 Å². The molecular weight excluding hydrogens is 256 g/mol. The zero-order chi connectivity index (χ0) is 14.1. The molecule has 1 heterocycles. The van der Waals surface area contributed by atoms with Crippen LogP contribution in [-0.2, 0) is 0 Å². The van der Waals surface area contributed by atoms with Crippen LogP contribution in [0.25, 0.3) is 11.0 Å². The van der Waals surface area contributed by atoms with Crippen molar-refractivity contribution in [1.82, 2.24) is 0 Å². The third kappa shape index (κ3) is 2.73. The molecule has 1 fully saturated rings. The molecule has 1 saturated carbocycles. The molecule has 0 saturated heterocycles. The number of aliphatic hydroxyl groups excluding tert-OH is 3. The van der Waals surface area contributed by atoms with Crippen molar-refractivity contribution in [3.8, 4) is 0 Å². The average molecular weight is 276 g/mol. The van der Waals surface area contributed by atoms with Gasteiger partial charge in [-0.15, -0.1) is 0 Å². The van der Waals surface area contributed by atoms with Crippen LogP contribution in [0.4, 0.5) is 0 Å². The number of furan rings is 1. The Morgan fingerprint density at radius 3 is 2.80 bits per heavy atom. The molecule has 1 aromatic heterocycles. The Balaban J connectivity index is 1.62. The van der Waals surface area contributed by atoms with Crippen molar-refractivity contribution in [2.45, 2.75) is 44.0 Å². The van der Waals surface area contributed by atoms with Crippen molar-refractivity contribution in [2.24, 2.45) is 5.92 Å². The van der Waals surface area contributed by atoms with Gasteiger partial charge in [0.1, 0.15) is 5.58 Å². The Labute approximate surface area is 117 Å². The average Bonchev–Trinajstić information content (AvgIpc) is 3.01. The van der Waals surface area contributed by atoms with E-state index >= 15 is 0 Å². The summed E-state index contributed by atoms with van der Waals surface area (Å²) in [6.07, 6.45) is 2.68. The molecular formula is C16H20O4. The largest absolute Gasteiger partial charge is 0.464 e. The molecule has 108 valence electrons. The van der Waals surface area contributed by atoms with E-state index in [9.17, 15) is 15.3 Å². The molecule has 20 heavy (non-hydrogen) atoms. The SMILES string of the molecule is OC(CCC1C[C@@H](O)C[C@H]1O)c1ccc2occc2c1. The van der Waals surface area contributed by atoms with Gasteiger partial charge in [-0.1, -0.05) is 6.07 Å². The fourth-order valence-corrected chi connectivity index (χ4v) is 3.12. The van der Waals surface area contributed by atoms with E-state index in [2.05, 4.69) is 0 Å². The topological polar surface area (TPSA) is 73.8 Å². The van der Waals surface area contributed by atoms with E-state index in [1.54, 1.807) is 6.26 Å². The summed E-state index contributed by atoms with van der Waals surface area (Å²) in [5.74, 6) is 0.0947. The summed E-state index contributed by atoms with van der Waals surface area (Å²) in [5, 5.41) is 30.6. The lowest BCUT2D eigenvalue weighted by Gasteiger charge is -2.17. The second-order valence-electron chi connectivity index (χ2n) is 5.76. The quantitative estimate of drug-likeness (QED) is 0.801. The molecule has 3 rings (SSSR count). The van der Waals surface area contributed by atoms with Crippen LogP contribution in [0.5, 0.6) is 0 Å². The highest BCUT2D eigenvalue weighted by atomic mass is 16.3. The minimum Gasteiger partial charge on any atom is -0.464 e. The Morgan fingerprint density at radius 1 is 1.20 bits per heavy atom. The van der Waals surface area contributed by atoms with Crippen LogP contribution in [-0.4, -0.2) is 27.5 Å². The van der Waals surface area contributed by atoms with Crippen molar-refractivity contribution < 1.29 is 19.7 Å². The number of aliphatic hydroxyl groups is 3. The molecule has 0 amide bonds. The van der Waals surface area contributed by atoms with Gasteiger partial charge in [0.25, 0.3) is 0 Å². The van der Waals surface area contributed by atoms with Crippen LogP contribution in [0.1, 0.15) is 37.4 Å². The maximum absolute atomic E-state index is 10.3. The molecule has 0 radical (unpaired) electrons. The molecule has 1 aliphatic rings. The summed E-state index contributed by atoms with van der Waals surface area (Å²) in [7, 11) is 0. The normalized spacial score (nSPS) is 28.1. The first kappa shape index (κ1) is 13.6. The molecule has 1 aliphatic carbocycles. The van der Waals surface area contributed by atoms with E-state index in [-0.39, 0.29) is 5.92 Å². The molecule has 4 heteroatoms. The van der Waals surface area contributed by atoms with Crippen LogP contribution in [0, 0.1) is 5.92 Å². The Bertz CT molecular complexity index is 577. The highest BCUT2D eigenvalue weighted by molar-refractivity contribution is 5.77. The number of benzene rings is 1. The Kier molecular flexibility index (Phi) is 3.78. The summed E-state index contributed by atoms with van der Waals surface area (Å²) < 4.78 is 5.28. The molecule has 0 bridgehead atoms. The van der Waals surface area contributed by atoms with Gasteiger partial charge in [0.15, 0.2) is 0 Å². The molecule has 0 aliphatic heterocycles. The van der Waals surface area contributed by atoms with E-state index in [0.717, 1.165) is 23.0 Å². The van der Waals surface area contributed by atoms with Crippen LogP contribution in [0.2, 0.25) is 0 Å². The second-order valence-corrected chi connectivity index (χ2v) is 5.76. The van der Waals surface area contributed by atoms with Crippen molar-refractivity contribution in [3.05, 3.63) is 36.1 Å². The van der Waals surface area contributed by atoms with Gasteiger partial charge in [-0.05, 0) is 55.4 Å². The van der Waals surface area contributed by atoms with Gasteiger partial charge in [0.2, 0.25) is 0 Å². The Hall–Kier alpha value is -1.36. The number of fused-ring (bicyclic) bond motifs is 1. The summed E-state index contributed by atoms with van der Waals surface area (Å²) in [4.78, 5) is 0. The van der Waals surface area contributed by atoms with Gasteiger partial charge in [0, 0.05) is 5.39 Å². The molecule has 4 nitrogen and oxygen atoms in total. The molecule has 4 atom stereocenters. The maximum atomic E-state index is 10.3. The number of hydrogen-bond acceptors (Lipinski definition) is 4. The van der Waals surface area contributed by atoms with E-state index in [0.29, 0.717) is 19.3 Å². The summed E-state index contributed by atoms with van der Waals surface area (Å²) >= 11 is 0. The summed E-state index contributed by atoms with van der Waals surface area (Å²) in [6.45, 7) is 0. The van der Waals surface area contributed by atoms with Crippen molar-refractivity contribution >= 4 is 11.0 Å². The number of rotatable bonds is 4. The van der Waals surface area contributed by atoms with E-state index in [1.807, 2.05) is 24.3 Å². The molecule has 2 aromatic rings. The third-order valence-electron chi connectivity index (χ3n) is 4.30. The standard InChI is InChI=1S/C16H20O4/c17-13-8-11(15(19)9-13)1-3-14(18)10-2-4-16-12(7-10)5-6-20-16/h2,4-7,11,13-15,17-19H,1,3,8-9H2/t11?,13-,14?,15-/m1/s1. The predicted molar refractivity (Wildman–Crippen MR) is 75.1 cm³/mol. The van der Waals surface area contributed by atoms with Crippen LogP contribution in [0.15, 0.2) is 34.9 Å². The predicted octanol–water partition coefficient (Wildman–Crippen LogP) is 2.38. The fourth-order valence-electron chi connectivity index (χ4n) is 3.12. The van der Waals surface area contributed by atoms with Crippen molar-refractivity contribution in [2.75, 3.05) is 0 Å². The zero-order valence-electron chi connectivity index (χ0n) is 11.3. The summed E-state index contributed by atoms with van der Waals surface area (Å²) in [5.41, 5.74) is 1.68. The van der Waals surface area contributed by atoms with Gasteiger partial charge >= 0.3 is 0 Å². The first-order chi connectivity index (χ1) is 9.63. The molecule has 0 spiro atoms. The van der Waals surface area contributed by atoms with Gasteiger partial charge in [0.05, 0.1) is 24.6 Å². The minimum absolute atomic E-state index is 0.0947. The molecule has 2 unspecified atom stereocenters. The highest BCUT2D eigenvalue weighted by Gasteiger charge is 2.31. The maximum Gasteiger partial charge on any atom is 0.133 e. The van der Waals surface area contributed by atoms with Gasteiger partial charge < -0.3 is 19.7 Å². The van der Waals surface area contributed by atoms with Gasteiger partial charge in [-0.2, -0.15) is 0 Å². The van der Waals surface area contributed by atoms with E-state index < -0.39 is 18.3 Å². The molecule has 3 N–H and O–H groups in total. The van der Waals surface area contributed by atoms with Crippen LogP contribution < -0.4 is 0 Å². The van der Waals surface area contributed by atoms with Crippen molar-refractivity contribution in [1.29, 1.82) is 0 Å². The van der Waals surface area contributed by atoms with Crippen molar-refractivity contribution in [3.63, 3.8) is 0 Å². The number of hydrogen-bond donors (Lipinski definition) is 3. The van der Waals surface area contributed by atoms with Gasteiger partial charge in [-0.25, -0.2) is 0 Å². The lowest BCUT2D eigenvalue weighted by molar-refractivity contribution is 0.102. The first-order valence-corrected chi connectivity index (χ1v) is 7.15. The monoisotopic (exact) mass is 276 g/mol. The zero-order valence-corrected chi connectivity index (χ0v) is 11.3. The molecule has 1 aromatic carbocycles. The van der Waals surface area contributed by atoms with Crippen LogP contribution in [0.3, 0.4) is 0 Å². The third-order valence-corrected chi connectivity index (χ3v) is 4.30. The lowest BCUT2D eigenvalue weighted by atomic mass is 9.95. The van der Waals surface area contributed by atoms with Crippen LogP contribution >= 0.6 is 0 Å². The first-order valence-electron chi connectivity index (χ1n) is 7.15. The minimum atomic E-state index is -0.542. The highest BCUT2D eigenvalue weighted by Crippen LogP contribution is 2.32. The van der Waals surface area contributed by atoms with E-state index in [4.69, 9.17) is 4.42 Å². The Morgan fingerprint density at radius 2 is 2.05 bits per heavy atom. The smallest absolute Gasteiger partial charge is 0.133 e. The summed E-state index contributed by atoms with van der Waals surface area (Å²) in [6, 6.07) is 7.55.